The Labute approximate surface area is 86.8 Å². The van der Waals surface area contributed by atoms with E-state index < -0.39 is 0 Å². The third-order valence-electron chi connectivity index (χ3n) is 1.42. The third-order valence-corrected chi connectivity index (χ3v) is 1.82. The first kappa shape index (κ1) is 10.1. The molecule has 1 rings (SSSR count). The minimum absolute atomic E-state index is 0.209. The molecule has 3 N–H and O–H groups in total. The zero-order chi connectivity index (χ0) is 9.84. The van der Waals surface area contributed by atoms with Gasteiger partial charge in [0.05, 0.1) is 12.1 Å². The summed E-state index contributed by atoms with van der Waals surface area (Å²) in [4.78, 5) is 0. The minimum Gasteiger partial charge on any atom is -0.495 e. The molecule has 0 radical (unpaired) electrons. The van der Waals surface area contributed by atoms with Crippen LogP contribution in [0.15, 0.2) is 18.2 Å². The third kappa shape index (κ3) is 2.75. The van der Waals surface area contributed by atoms with Gasteiger partial charge in [-0.25, -0.2) is 0 Å². The Balaban J connectivity index is 2.89. The average Bonchev–Trinajstić information content (AvgIpc) is 2.03. The number of nitrogens with two attached hydrogens (primary N) is 1. The van der Waals surface area contributed by atoms with E-state index in [9.17, 15) is 0 Å². The maximum Gasteiger partial charge on any atom is 0.168 e. The number of hydrogen-bond donors (Lipinski definition) is 2. The van der Waals surface area contributed by atoms with Gasteiger partial charge in [0.2, 0.25) is 0 Å². The molecule has 13 heavy (non-hydrogen) atoms. The number of anilines is 1. The number of rotatable bonds is 2. The van der Waals surface area contributed by atoms with Crippen molar-refractivity contribution >= 4 is 34.6 Å². The Morgan fingerprint density at radius 2 is 2.31 bits per heavy atom. The molecular formula is C8H9ClN2OS. The van der Waals surface area contributed by atoms with Crippen LogP contribution in [0.25, 0.3) is 0 Å². The summed E-state index contributed by atoms with van der Waals surface area (Å²) in [5.41, 5.74) is 6.04. The van der Waals surface area contributed by atoms with Crippen LogP contribution >= 0.6 is 23.8 Å². The van der Waals surface area contributed by atoms with E-state index in [1.165, 1.54) is 0 Å². The second-order valence-electron chi connectivity index (χ2n) is 2.34. The normalized spacial score (nSPS) is 9.38. The van der Waals surface area contributed by atoms with Crippen molar-refractivity contribution in [2.75, 3.05) is 12.4 Å². The Bertz CT molecular complexity index is 330. The van der Waals surface area contributed by atoms with Gasteiger partial charge in [-0.05, 0) is 30.4 Å². The number of benzene rings is 1. The van der Waals surface area contributed by atoms with Crippen LogP contribution in [0.3, 0.4) is 0 Å². The van der Waals surface area contributed by atoms with E-state index in [0.717, 1.165) is 5.69 Å². The van der Waals surface area contributed by atoms with Crippen LogP contribution in [0, 0.1) is 0 Å². The van der Waals surface area contributed by atoms with Crippen LogP contribution in [0.1, 0.15) is 0 Å². The van der Waals surface area contributed by atoms with Gasteiger partial charge in [0.15, 0.2) is 5.11 Å². The van der Waals surface area contributed by atoms with Gasteiger partial charge in [0.25, 0.3) is 0 Å². The lowest BCUT2D eigenvalue weighted by atomic mass is 10.3. The van der Waals surface area contributed by atoms with Crippen molar-refractivity contribution in [3.63, 3.8) is 0 Å². The molecule has 0 aliphatic rings. The lowest BCUT2D eigenvalue weighted by Gasteiger charge is -2.06. The van der Waals surface area contributed by atoms with E-state index in [2.05, 4.69) is 17.5 Å². The SMILES string of the molecule is COc1ccc(NC(N)=S)cc1Cl. The fourth-order valence-electron chi connectivity index (χ4n) is 0.886. The molecule has 0 saturated carbocycles. The standard InChI is InChI=1S/C8H9ClN2OS/c1-12-7-3-2-5(4-6(7)9)11-8(10)13/h2-4H,1H3,(H3,10,11,13). The molecule has 0 aliphatic carbocycles. The largest absolute Gasteiger partial charge is 0.495 e. The summed E-state index contributed by atoms with van der Waals surface area (Å²) in [5.74, 6) is 0.621. The van der Waals surface area contributed by atoms with Crippen LogP contribution in [-0.4, -0.2) is 12.2 Å². The Morgan fingerprint density at radius 3 is 2.77 bits per heavy atom. The molecule has 1 aromatic rings. The highest BCUT2D eigenvalue weighted by Gasteiger charge is 2.01. The molecule has 0 spiro atoms. The maximum atomic E-state index is 5.86. The minimum atomic E-state index is 0.209. The molecule has 0 bridgehead atoms. The smallest absolute Gasteiger partial charge is 0.168 e. The molecule has 0 saturated heterocycles. The van der Waals surface area contributed by atoms with E-state index >= 15 is 0 Å². The van der Waals surface area contributed by atoms with E-state index in [-0.39, 0.29) is 5.11 Å². The predicted octanol–water partition coefficient (Wildman–Crippen LogP) is 2.00. The average molecular weight is 217 g/mol. The fraction of sp³-hybridized carbons (Fsp3) is 0.125. The van der Waals surface area contributed by atoms with Gasteiger partial charge in [0, 0.05) is 5.69 Å². The second-order valence-corrected chi connectivity index (χ2v) is 3.19. The zero-order valence-electron chi connectivity index (χ0n) is 7.00. The molecule has 1 aromatic carbocycles. The van der Waals surface area contributed by atoms with Crippen molar-refractivity contribution in [3.05, 3.63) is 23.2 Å². The molecule has 70 valence electrons. The van der Waals surface area contributed by atoms with E-state index in [0.29, 0.717) is 10.8 Å². The van der Waals surface area contributed by atoms with Crippen LogP contribution in [0.4, 0.5) is 5.69 Å². The van der Waals surface area contributed by atoms with Crippen LogP contribution in [0.5, 0.6) is 5.75 Å². The van der Waals surface area contributed by atoms with Gasteiger partial charge in [-0.2, -0.15) is 0 Å². The fourth-order valence-corrected chi connectivity index (χ4v) is 1.26. The summed E-state index contributed by atoms with van der Waals surface area (Å²) in [6.07, 6.45) is 0. The monoisotopic (exact) mass is 216 g/mol. The topological polar surface area (TPSA) is 47.3 Å². The van der Waals surface area contributed by atoms with Gasteiger partial charge in [-0.3, -0.25) is 0 Å². The first-order chi connectivity index (χ1) is 6.13. The Hall–Kier alpha value is -1.00. The summed E-state index contributed by atoms with van der Waals surface area (Å²) in [6.45, 7) is 0. The number of thiocarbonyl (C=S) groups is 1. The van der Waals surface area contributed by atoms with Gasteiger partial charge in [-0.1, -0.05) is 11.6 Å². The Morgan fingerprint density at radius 1 is 1.62 bits per heavy atom. The highest BCUT2D eigenvalue weighted by Crippen LogP contribution is 2.26. The second kappa shape index (κ2) is 4.30. The molecule has 0 fully saturated rings. The van der Waals surface area contributed by atoms with E-state index in [1.807, 2.05) is 0 Å². The summed E-state index contributed by atoms with van der Waals surface area (Å²) in [7, 11) is 1.56. The highest BCUT2D eigenvalue weighted by molar-refractivity contribution is 7.80. The quantitative estimate of drug-likeness (QED) is 0.743. The van der Waals surface area contributed by atoms with Crippen molar-refractivity contribution < 1.29 is 4.74 Å². The molecule has 0 heterocycles. The molecule has 0 atom stereocenters. The maximum absolute atomic E-state index is 5.86. The van der Waals surface area contributed by atoms with Gasteiger partial charge >= 0.3 is 0 Å². The molecule has 0 amide bonds. The summed E-state index contributed by atoms with van der Waals surface area (Å²) in [5, 5.41) is 3.49. The van der Waals surface area contributed by atoms with Gasteiger partial charge < -0.3 is 15.8 Å². The van der Waals surface area contributed by atoms with E-state index in [1.54, 1.807) is 25.3 Å². The number of methoxy groups -OCH3 is 1. The predicted molar refractivity (Wildman–Crippen MR) is 58.4 cm³/mol. The first-order valence-corrected chi connectivity index (χ1v) is 4.32. The summed E-state index contributed by atoms with van der Waals surface area (Å²) < 4.78 is 4.98. The molecule has 0 aliphatic heterocycles. The van der Waals surface area contributed by atoms with Crippen molar-refractivity contribution in [2.24, 2.45) is 5.73 Å². The van der Waals surface area contributed by atoms with Crippen LogP contribution in [0.2, 0.25) is 5.02 Å². The number of halogens is 1. The summed E-state index contributed by atoms with van der Waals surface area (Å²) in [6, 6.07) is 5.21. The number of ether oxygens (including phenoxy) is 1. The van der Waals surface area contributed by atoms with Gasteiger partial charge in [0.1, 0.15) is 5.75 Å². The van der Waals surface area contributed by atoms with Crippen LogP contribution < -0.4 is 15.8 Å². The molecule has 0 unspecified atom stereocenters. The van der Waals surface area contributed by atoms with Gasteiger partial charge in [-0.15, -0.1) is 0 Å². The van der Waals surface area contributed by atoms with Crippen molar-refractivity contribution in [2.45, 2.75) is 0 Å². The lowest BCUT2D eigenvalue weighted by molar-refractivity contribution is 0.415. The molecule has 3 nitrogen and oxygen atoms in total. The lowest BCUT2D eigenvalue weighted by Crippen LogP contribution is -2.18. The van der Waals surface area contributed by atoms with Crippen LogP contribution in [-0.2, 0) is 0 Å². The number of nitrogens with one attached hydrogen (secondary N) is 1. The first-order valence-electron chi connectivity index (χ1n) is 3.53. The van der Waals surface area contributed by atoms with E-state index in [4.69, 9.17) is 22.1 Å². The highest BCUT2D eigenvalue weighted by atomic mass is 35.5. The van der Waals surface area contributed by atoms with Crippen molar-refractivity contribution in [1.29, 1.82) is 0 Å². The molecule has 0 aromatic heterocycles. The van der Waals surface area contributed by atoms with Crippen molar-refractivity contribution in [1.82, 2.24) is 0 Å². The Kier molecular flexibility index (Phi) is 3.33. The molecule has 5 heteroatoms. The molecular weight excluding hydrogens is 208 g/mol. The zero-order valence-corrected chi connectivity index (χ0v) is 8.58. The summed E-state index contributed by atoms with van der Waals surface area (Å²) >= 11 is 10.5. The van der Waals surface area contributed by atoms with Crippen molar-refractivity contribution in [3.8, 4) is 5.75 Å². The number of hydrogen-bond acceptors (Lipinski definition) is 2.